The number of benzene rings is 1. The molecular weight excluding hydrogens is 334 g/mol. The van der Waals surface area contributed by atoms with E-state index in [-0.39, 0.29) is 11.9 Å². The van der Waals surface area contributed by atoms with E-state index in [1.807, 2.05) is 52.7 Å². The zero-order valence-corrected chi connectivity index (χ0v) is 15.2. The number of rotatable bonds is 7. The van der Waals surface area contributed by atoms with E-state index in [4.69, 9.17) is 4.52 Å². The predicted molar refractivity (Wildman–Crippen MR) is 98.5 cm³/mol. The zero-order chi connectivity index (χ0) is 17.6. The molecule has 0 aliphatic rings. The second kappa shape index (κ2) is 8.07. The minimum Gasteiger partial charge on any atom is -0.339 e. The van der Waals surface area contributed by atoms with E-state index in [0.29, 0.717) is 24.7 Å². The first kappa shape index (κ1) is 17.4. The highest BCUT2D eigenvalue weighted by atomic mass is 32.1. The van der Waals surface area contributed by atoms with Crippen LogP contribution in [0.3, 0.4) is 0 Å². The van der Waals surface area contributed by atoms with Crippen LogP contribution in [0.15, 0.2) is 52.4 Å². The van der Waals surface area contributed by atoms with E-state index in [0.717, 1.165) is 16.9 Å². The van der Waals surface area contributed by atoms with Crippen LogP contribution in [0, 0.1) is 0 Å². The molecule has 5 nitrogen and oxygen atoms in total. The second-order valence-corrected chi connectivity index (χ2v) is 6.81. The molecule has 0 saturated carbocycles. The van der Waals surface area contributed by atoms with Gasteiger partial charge in [-0.25, -0.2) is 0 Å². The molecule has 2 heterocycles. The fourth-order valence-corrected chi connectivity index (χ4v) is 3.24. The average molecular weight is 355 g/mol. The number of aromatic nitrogens is 2. The topological polar surface area (TPSA) is 59.2 Å². The molecule has 1 aromatic carbocycles. The minimum atomic E-state index is 0.0622. The van der Waals surface area contributed by atoms with E-state index in [2.05, 4.69) is 24.0 Å². The molecule has 0 aliphatic carbocycles. The summed E-state index contributed by atoms with van der Waals surface area (Å²) in [4.78, 5) is 19.8. The monoisotopic (exact) mass is 355 g/mol. The Hall–Kier alpha value is -2.47. The van der Waals surface area contributed by atoms with Crippen molar-refractivity contribution >= 4 is 17.2 Å². The molecule has 130 valence electrons. The molecule has 6 heteroatoms. The van der Waals surface area contributed by atoms with Crippen molar-refractivity contribution in [3.05, 3.63) is 58.6 Å². The van der Waals surface area contributed by atoms with Gasteiger partial charge in [0.2, 0.25) is 11.7 Å². The van der Waals surface area contributed by atoms with Crippen molar-refractivity contribution in [2.24, 2.45) is 0 Å². The Morgan fingerprint density at radius 1 is 1.24 bits per heavy atom. The summed E-state index contributed by atoms with van der Waals surface area (Å²) < 4.78 is 5.36. The molecule has 0 spiro atoms. The van der Waals surface area contributed by atoms with Gasteiger partial charge in [0.15, 0.2) is 0 Å². The minimum absolute atomic E-state index is 0.0622. The molecule has 0 N–H and O–H groups in total. The van der Waals surface area contributed by atoms with Gasteiger partial charge in [0.05, 0.1) is 4.88 Å². The van der Waals surface area contributed by atoms with Crippen LogP contribution in [0.25, 0.3) is 11.4 Å². The van der Waals surface area contributed by atoms with Crippen LogP contribution in [-0.4, -0.2) is 33.5 Å². The highest BCUT2D eigenvalue weighted by Crippen LogP contribution is 2.18. The highest BCUT2D eigenvalue weighted by Gasteiger charge is 2.22. The van der Waals surface area contributed by atoms with Gasteiger partial charge in [0.25, 0.3) is 5.91 Å². The number of carbonyl (C=O) groups is 1. The van der Waals surface area contributed by atoms with Gasteiger partial charge in [-0.2, -0.15) is 4.98 Å². The molecule has 0 bridgehead atoms. The summed E-state index contributed by atoms with van der Waals surface area (Å²) in [5.74, 6) is 1.19. The first-order valence-electron chi connectivity index (χ1n) is 8.41. The summed E-state index contributed by atoms with van der Waals surface area (Å²) >= 11 is 1.47. The van der Waals surface area contributed by atoms with E-state index < -0.39 is 0 Å². The second-order valence-electron chi connectivity index (χ2n) is 5.86. The van der Waals surface area contributed by atoms with Gasteiger partial charge in [-0.3, -0.25) is 4.79 Å². The Labute approximate surface area is 151 Å². The largest absolute Gasteiger partial charge is 0.339 e. The first-order valence-corrected chi connectivity index (χ1v) is 9.29. The maximum atomic E-state index is 12.7. The van der Waals surface area contributed by atoms with Crippen LogP contribution in [0.2, 0.25) is 0 Å². The van der Waals surface area contributed by atoms with Gasteiger partial charge >= 0.3 is 0 Å². The summed E-state index contributed by atoms with van der Waals surface area (Å²) in [7, 11) is 0. The average Bonchev–Trinajstić information content (AvgIpc) is 3.34. The number of amides is 1. The molecule has 0 fully saturated rings. The van der Waals surface area contributed by atoms with Gasteiger partial charge in [-0.15, -0.1) is 11.3 Å². The summed E-state index contributed by atoms with van der Waals surface area (Å²) in [6, 6.07) is 13.6. The lowest BCUT2D eigenvalue weighted by atomic mass is 10.2. The van der Waals surface area contributed by atoms with Gasteiger partial charge in [-0.05, 0) is 24.8 Å². The lowest BCUT2D eigenvalue weighted by Gasteiger charge is -2.27. The molecule has 0 unspecified atom stereocenters. The molecule has 1 amide bonds. The van der Waals surface area contributed by atoms with Gasteiger partial charge in [0.1, 0.15) is 0 Å². The Morgan fingerprint density at radius 2 is 2.04 bits per heavy atom. The smallest absolute Gasteiger partial charge is 0.264 e. The van der Waals surface area contributed by atoms with Crippen LogP contribution < -0.4 is 0 Å². The zero-order valence-electron chi connectivity index (χ0n) is 14.4. The van der Waals surface area contributed by atoms with Crippen molar-refractivity contribution in [2.45, 2.75) is 32.7 Å². The van der Waals surface area contributed by atoms with E-state index in [1.54, 1.807) is 0 Å². The standard InChI is InChI=1S/C19H21N3O2S/c1-3-14(2)22(19(23)16-10-7-13-25-16)12-11-17-20-18(21-24-17)15-8-5-4-6-9-15/h4-10,13-14H,3,11-12H2,1-2H3/t14-/m1/s1. The van der Waals surface area contributed by atoms with Gasteiger partial charge in [0, 0.05) is 24.6 Å². The molecule has 25 heavy (non-hydrogen) atoms. The summed E-state index contributed by atoms with van der Waals surface area (Å²) in [5, 5.41) is 5.96. The first-order chi connectivity index (χ1) is 12.2. The summed E-state index contributed by atoms with van der Waals surface area (Å²) in [5.41, 5.74) is 0.922. The molecule has 0 saturated heterocycles. The third-order valence-electron chi connectivity index (χ3n) is 4.18. The number of nitrogens with zero attached hydrogens (tertiary/aromatic N) is 3. The van der Waals surface area contributed by atoms with Crippen molar-refractivity contribution in [2.75, 3.05) is 6.54 Å². The molecule has 2 aromatic heterocycles. The Kier molecular flexibility index (Phi) is 5.60. The van der Waals surface area contributed by atoms with Gasteiger partial charge < -0.3 is 9.42 Å². The van der Waals surface area contributed by atoms with Crippen molar-refractivity contribution in [1.29, 1.82) is 0 Å². The normalized spacial score (nSPS) is 12.1. The number of thiophene rings is 1. The fraction of sp³-hybridized carbons (Fsp3) is 0.316. The Morgan fingerprint density at radius 3 is 2.72 bits per heavy atom. The van der Waals surface area contributed by atoms with Crippen LogP contribution in [0.4, 0.5) is 0 Å². The fourth-order valence-electron chi connectivity index (χ4n) is 2.56. The molecule has 3 aromatic rings. The maximum absolute atomic E-state index is 12.7. The molecule has 0 radical (unpaired) electrons. The Balaban J connectivity index is 1.69. The lowest BCUT2D eigenvalue weighted by Crippen LogP contribution is -2.39. The van der Waals surface area contributed by atoms with E-state index in [9.17, 15) is 4.79 Å². The maximum Gasteiger partial charge on any atom is 0.264 e. The van der Waals surface area contributed by atoms with Crippen molar-refractivity contribution < 1.29 is 9.32 Å². The van der Waals surface area contributed by atoms with Crippen LogP contribution in [0.5, 0.6) is 0 Å². The molecule has 0 aliphatic heterocycles. The SMILES string of the molecule is CC[C@@H](C)N(CCc1nc(-c2ccccc2)no1)C(=O)c1cccs1. The molecular formula is C19H21N3O2S. The third kappa shape index (κ3) is 4.14. The van der Waals surface area contributed by atoms with Crippen LogP contribution in [0.1, 0.15) is 35.8 Å². The molecule has 3 rings (SSSR count). The number of hydrogen-bond donors (Lipinski definition) is 0. The van der Waals surface area contributed by atoms with Crippen LogP contribution in [-0.2, 0) is 6.42 Å². The molecule has 1 atom stereocenters. The van der Waals surface area contributed by atoms with E-state index >= 15 is 0 Å². The third-order valence-corrected chi connectivity index (χ3v) is 5.04. The summed E-state index contributed by atoms with van der Waals surface area (Å²) in [6.45, 7) is 4.70. The van der Waals surface area contributed by atoms with Crippen LogP contribution >= 0.6 is 11.3 Å². The lowest BCUT2D eigenvalue weighted by molar-refractivity contribution is 0.0691. The Bertz CT molecular complexity index is 799. The van der Waals surface area contributed by atoms with Crippen molar-refractivity contribution in [3.63, 3.8) is 0 Å². The van der Waals surface area contributed by atoms with Crippen molar-refractivity contribution in [3.8, 4) is 11.4 Å². The number of carbonyl (C=O) groups excluding carboxylic acids is 1. The van der Waals surface area contributed by atoms with E-state index in [1.165, 1.54) is 11.3 Å². The number of hydrogen-bond acceptors (Lipinski definition) is 5. The highest BCUT2D eigenvalue weighted by molar-refractivity contribution is 7.12. The predicted octanol–water partition coefficient (Wildman–Crippen LogP) is 4.28. The summed E-state index contributed by atoms with van der Waals surface area (Å²) in [6.07, 6.45) is 1.44. The van der Waals surface area contributed by atoms with Crippen molar-refractivity contribution in [1.82, 2.24) is 15.0 Å². The van der Waals surface area contributed by atoms with Gasteiger partial charge in [-0.1, -0.05) is 48.5 Å². The quantitative estimate of drug-likeness (QED) is 0.635.